The monoisotopic (exact) mass is 586 g/mol. The van der Waals surface area contributed by atoms with Crippen LogP contribution in [0, 0.1) is 0 Å². The van der Waals surface area contributed by atoms with E-state index < -0.39 is 20.3 Å². The summed E-state index contributed by atoms with van der Waals surface area (Å²) >= 11 is 0. The lowest BCUT2D eigenvalue weighted by Crippen LogP contribution is -2.41. The number of allylic oxidation sites excluding steroid dienone is 3. The van der Waals surface area contributed by atoms with E-state index in [4.69, 9.17) is 14.2 Å². The van der Waals surface area contributed by atoms with Crippen molar-refractivity contribution in [2.24, 2.45) is 0 Å². The van der Waals surface area contributed by atoms with Gasteiger partial charge in [0.05, 0.1) is 13.2 Å². The number of ether oxygens (including phenoxy) is 3. The van der Waals surface area contributed by atoms with Crippen molar-refractivity contribution in [2.45, 2.75) is 57.0 Å². The molecule has 2 aliphatic carbocycles. The average molecular weight is 587 g/mol. The van der Waals surface area contributed by atoms with Gasteiger partial charge in [-0.1, -0.05) is 24.3 Å². The van der Waals surface area contributed by atoms with Gasteiger partial charge in [0.25, 0.3) is 5.56 Å². The number of methoxy groups -OCH3 is 1. The molecule has 0 spiro atoms. The molecule has 1 unspecified atom stereocenters. The quantitative estimate of drug-likeness (QED) is 0.250. The summed E-state index contributed by atoms with van der Waals surface area (Å²) in [5.74, 6) is 2.23. The fourth-order valence-electron chi connectivity index (χ4n) is 5.38. The van der Waals surface area contributed by atoms with E-state index in [1.807, 2.05) is 61.5 Å². The third-order valence-corrected chi connectivity index (χ3v) is 10.9. The van der Waals surface area contributed by atoms with Crippen LogP contribution in [0.2, 0.25) is 0 Å². The van der Waals surface area contributed by atoms with E-state index >= 15 is 0 Å². The molecular weight excluding hydrogens is 552 g/mol. The van der Waals surface area contributed by atoms with Crippen molar-refractivity contribution in [3.05, 3.63) is 106 Å². The van der Waals surface area contributed by atoms with Crippen molar-refractivity contribution in [3.63, 3.8) is 0 Å². The zero-order chi connectivity index (χ0) is 29.5. The number of nitrogens with zero attached hydrogens (tertiary/aromatic N) is 1. The van der Waals surface area contributed by atoms with Gasteiger partial charge in [-0.05, 0) is 98.7 Å². The molecule has 0 saturated heterocycles. The molecule has 0 aliphatic heterocycles. The summed E-state index contributed by atoms with van der Waals surface area (Å²) in [5.41, 5.74) is 3.10. The summed E-state index contributed by atoms with van der Waals surface area (Å²) in [7, 11) is -2.34. The van der Waals surface area contributed by atoms with Gasteiger partial charge in [-0.2, -0.15) is 0 Å². The van der Waals surface area contributed by atoms with Crippen LogP contribution in [0.5, 0.6) is 17.2 Å². The van der Waals surface area contributed by atoms with E-state index in [0.29, 0.717) is 23.3 Å². The number of H-pyrrole nitrogens is 1. The van der Waals surface area contributed by atoms with Crippen molar-refractivity contribution < 1.29 is 22.6 Å². The predicted octanol–water partition coefficient (Wildman–Crippen LogP) is 6.22. The van der Waals surface area contributed by atoms with Gasteiger partial charge >= 0.3 is 0 Å². The minimum Gasteiger partial charge on any atom is -0.497 e. The third kappa shape index (κ3) is 4.91. The van der Waals surface area contributed by atoms with E-state index in [0.717, 1.165) is 51.4 Å². The first kappa shape index (κ1) is 27.9. The number of pyridine rings is 1. The van der Waals surface area contributed by atoms with Crippen LogP contribution in [0.15, 0.2) is 89.5 Å². The van der Waals surface area contributed by atoms with Crippen LogP contribution in [0.4, 0.5) is 0 Å². The van der Waals surface area contributed by atoms with Crippen LogP contribution < -0.4 is 19.8 Å². The third-order valence-electron chi connectivity index (χ3n) is 8.49. The van der Waals surface area contributed by atoms with Gasteiger partial charge in [-0.25, -0.2) is 12.4 Å². The van der Waals surface area contributed by atoms with Gasteiger partial charge in [-0.15, -0.1) is 0 Å². The summed E-state index contributed by atoms with van der Waals surface area (Å²) in [5, 5.41) is 0.573. The van der Waals surface area contributed by atoms with Gasteiger partial charge in [0.1, 0.15) is 34.1 Å². The Morgan fingerprint density at radius 3 is 2.50 bits per heavy atom. The standard InChI is InChI=1S/C33H34N2O6S/c1-22-19-25(13-16-33(22,2)42(37,38)35-18-15-24-14-17-34-32(36)31(24)35)29-20-28(11-12-30(29)41-27-5-4-6-27)40-21-23-7-9-26(39-3)10-8-23/h7-15,17-20,27H,4-6,16,21H2,1-3H3,(H,34,36). The predicted molar refractivity (Wildman–Crippen MR) is 164 cm³/mol. The highest BCUT2D eigenvalue weighted by Gasteiger charge is 2.43. The van der Waals surface area contributed by atoms with E-state index in [1.54, 1.807) is 26.2 Å². The minimum atomic E-state index is -3.98. The molecule has 2 aromatic carbocycles. The van der Waals surface area contributed by atoms with Crippen molar-refractivity contribution >= 4 is 26.5 Å². The molecule has 1 saturated carbocycles. The smallest absolute Gasteiger partial charge is 0.273 e. The highest BCUT2D eigenvalue weighted by molar-refractivity contribution is 7.91. The average Bonchev–Trinajstić information content (AvgIpc) is 3.42. The lowest BCUT2D eigenvalue weighted by molar-refractivity contribution is 0.120. The number of fused-ring (bicyclic) bond motifs is 1. The van der Waals surface area contributed by atoms with Crippen molar-refractivity contribution in [2.75, 3.05) is 7.11 Å². The first-order valence-corrected chi connectivity index (χ1v) is 15.5. The van der Waals surface area contributed by atoms with Gasteiger partial charge in [0, 0.05) is 23.3 Å². The Morgan fingerprint density at radius 2 is 1.81 bits per heavy atom. The van der Waals surface area contributed by atoms with Crippen molar-refractivity contribution in [1.29, 1.82) is 0 Å². The number of rotatable bonds is 9. The highest BCUT2D eigenvalue weighted by atomic mass is 32.2. The van der Waals surface area contributed by atoms with Crippen LogP contribution in [0.25, 0.3) is 16.5 Å². The molecule has 0 amide bonds. The number of benzene rings is 2. The summed E-state index contributed by atoms with van der Waals surface area (Å²) in [6.07, 6.45) is 10.4. The summed E-state index contributed by atoms with van der Waals surface area (Å²) < 4.78 is 45.7. The molecule has 0 radical (unpaired) electrons. The van der Waals surface area contributed by atoms with Crippen LogP contribution >= 0.6 is 0 Å². The normalized spacial score (nSPS) is 19.1. The van der Waals surface area contributed by atoms with E-state index in [1.165, 1.54) is 12.4 Å². The largest absolute Gasteiger partial charge is 0.497 e. The zero-order valence-electron chi connectivity index (χ0n) is 23.9. The summed E-state index contributed by atoms with van der Waals surface area (Å²) in [4.78, 5) is 15.2. The van der Waals surface area contributed by atoms with E-state index in [2.05, 4.69) is 4.98 Å². The van der Waals surface area contributed by atoms with Crippen LogP contribution in [0.3, 0.4) is 0 Å². The van der Waals surface area contributed by atoms with Crippen LogP contribution in [-0.4, -0.2) is 35.3 Å². The Labute approximate surface area is 245 Å². The lowest BCUT2D eigenvalue weighted by atomic mass is 9.87. The Hall–Kier alpha value is -4.24. The lowest BCUT2D eigenvalue weighted by Gasteiger charge is -2.33. The maximum absolute atomic E-state index is 14.1. The fraction of sp³-hybridized carbons (Fsp3) is 0.303. The van der Waals surface area contributed by atoms with Gasteiger partial charge in [-0.3, -0.25) is 4.79 Å². The summed E-state index contributed by atoms with van der Waals surface area (Å²) in [6.45, 7) is 3.93. The Kier molecular flexibility index (Phi) is 7.22. The topological polar surface area (TPSA) is 99.6 Å². The second-order valence-corrected chi connectivity index (χ2v) is 13.4. The summed E-state index contributed by atoms with van der Waals surface area (Å²) in [6, 6.07) is 16.9. The molecule has 4 aromatic rings. The van der Waals surface area contributed by atoms with E-state index in [9.17, 15) is 13.2 Å². The number of aromatic amines is 1. The first-order valence-electron chi connectivity index (χ1n) is 14.1. The molecule has 1 fully saturated rings. The Bertz CT molecular complexity index is 1860. The van der Waals surface area contributed by atoms with Gasteiger partial charge in [0.15, 0.2) is 0 Å². The fourth-order valence-corrected chi connectivity index (χ4v) is 7.22. The second kappa shape index (κ2) is 10.9. The molecule has 0 bridgehead atoms. The highest BCUT2D eigenvalue weighted by Crippen LogP contribution is 2.42. The molecule has 8 nitrogen and oxygen atoms in total. The zero-order valence-corrected chi connectivity index (χ0v) is 24.7. The van der Waals surface area contributed by atoms with Gasteiger partial charge < -0.3 is 19.2 Å². The molecule has 2 aliphatic rings. The number of aromatic nitrogens is 2. The second-order valence-electron chi connectivity index (χ2n) is 11.1. The number of nitrogens with one attached hydrogen (secondary N) is 1. The molecule has 1 atom stereocenters. The minimum absolute atomic E-state index is 0.124. The van der Waals surface area contributed by atoms with Crippen molar-refractivity contribution in [1.82, 2.24) is 8.96 Å². The number of hydrogen-bond acceptors (Lipinski definition) is 6. The molecule has 42 heavy (non-hydrogen) atoms. The molecule has 9 heteroatoms. The Morgan fingerprint density at radius 1 is 1.05 bits per heavy atom. The van der Waals surface area contributed by atoms with Crippen molar-refractivity contribution in [3.8, 4) is 17.2 Å². The molecule has 2 heterocycles. The van der Waals surface area contributed by atoms with Crippen LogP contribution in [-0.2, 0) is 16.6 Å². The molecule has 218 valence electrons. The Balaban J connectivity index is 1.31. The molecule has 6 rings (SSSR count). The molecule has 1 N–H and O–H groups in total. The molecule has 2 aromatic heterocycles. The van der Waals surface area contributed by atoms with Gasteiger partial charge in [0.2, 0.25) is 10.0 Å². The van der Waals surface area contributed by atoms with E-state index in [-0.39, 0.29) is 18.0 Å². The maximum Gasteiger partial charge on any atom is 0.273 e. The maximum atomic E-state index is 14.1. The SMILES string of the molecule is COc1ccc(COc2ccc(OC3CCC3)c(C3=CCC(C)(S(=O)(=O)n4ccc5cc[nH]c(=O)c54)C(C)=C3)c2)cc1. The number of hydrogen-bond donors (Lipinski definition) is 1. The molecular formula is C33H34N2O6S. The first-order chi connectivity index (χ1) is 20.2. The van der Waals surface area contributed by atoms with Crippen LogP contribution in [0.1, 0.15) is 50.7 Å².